The average molecular weight is 225 g/mol. The van der Waals surface area contributed by atoms with Gasteiger partial charge in [-0.05, 0) is 36.1 Å². The zero-order valence-corrected chi connectivity index (χ0v) is 9.14. The smallest absolute Gasteiger partial charge is 0.145 e. The van der Waals surface area contributed by atoms with Gasteiger partial charge in [0.15, 0.2) is 0 Å². The summed E-state index contributed by atoms with van der Waals surface area (Å²) in [5, 5.41) is 29.6. The molecule has 1 unspecified atom stereocenters. The molecule has 17 heavy (non-hydrogen) atoms. The summed E-state index contributed by atoms with van der Waals surface area (Å²) >= 11 is 0. The van der Waals surface area contributed by atoms with Crippen molar-refractivity contribution in [2.45, 2.75) is 18.9 Å². The summed E-state index contributed by atoms with van der Waals surface area (Å²) in [5.74, 6) is 0. The first kappa shape index (κ1) is 11.2. The molecule has 0 aliphatic heterocycles. The molecule has 1 aromatic carbocycles. The van der Waals surface area contributed by atoms with E-state index in [2.05, 4.69) is 5.32 Å². The molecule has 1 atom stereocenters. The Hall–Kier alpha value is -2.30. The summed E-state index contributed by atoms with van der Waals surface area (Å²) in [6.45, 7) is 0. The maximum atomic E-state index is 9.52. The fraction of sp³-hybridized carbons (Fsp3) is 0.231. The Morgan fingerprint density at radius 1 is 1.29 bits per heavy atom. The highest BCUT2D eigenvalue weighted by Gasteiger charge is 2.18. The van der Waals surface area contributed by atoms with Crippen LogP contribution in [0.5, 0.6) is 0 Å². The lowest BCUT2D eigenvalue weighted by Gasteiger charge is -2.03. The van der Waals surface area contributed by atoms with E-state index >= 15 is 0 Å². The molecule has 0 spiro atoms. The van der Waals surface area contributed by atoms with Crippen LogP contribution in [0.4, 0.5) is 5.69 Å². The molecule has 0 heterocycles. The second-order valence-electron chi connectivity index (χ2n) is 3.97. The van der Waals surface area contributed by atoms with E-state index < -0.39 is 0 Å². The SMILES string of the molecule is N#CC(C#N)=CNc1ccc2c(c1)CC(O)C2. The van der Waals surface area contributed by atoms with Crippen LogP contribution < -0.4 is 5.32 Å². The molecule has 1 aromatic rings. The summed E-state index contributed by atoms with van der Waals surface area (Å²) in [6, 6.07) is 9.33. The minimum absolute atomic E-state index is 0.0329. The molecule has 4 heteroatoms. The Labute approximate surface area is 99.4 Å². The summed E-state index contributed by atoms with van der Waals surface area (Å²) in [4.78, 5) is 0. The number of allylic oxidation sites excluding steroid dienone is 1. The molecular formula is C13H11N3O. The van der Waals surface area contributed by atoms with E-state index in [9.17, 15) is 5.11 Å². The molecule has 0 amide bonds. The van der Waals surface area contributed by atoms with Gasteiger partial charge in [-0.3, -0.25) is 0 Å². The highest BCUT2D eigenvalue weighted by Crippen LogP contribution is 2.25. The van der Waals surface area contributed by atoms with Crippen molar-refractivity contribution in [3.8, 4) is 12.1 Å². The highest BCUT2D eigenvalue weighted by molar-refractivity contribution is 5.53. The van der Waals surface area contributed by atoms with Gasteiger partial charge in [-0.15, -0.1) is 0 Å². The third kappa shape index (κ3) is 2.44. The van der Waals surface area contributed by atoms with Crippen molar-refractivity contribution in [1.29, 1.82) is 10.5 Å². The van der Waals surface area contributed by atoms with E-state index in [1.807, 2.05) is 18.2 Å². The fourth-order valence-corrected chi connectivity index (χ4v) is 1.93. The van der Waals surface area contributed by atoms with Gasteiger partial charge in [0.2, 0.25) is 0 Å². The minimum Gasteiger partial charge on any atom is -0.392 e. The number of benzene rings is 1. The largest absolute Gasteiger partial charge is 0.392 e. The third-order valence-corrected chi connectivity index (χ3v) is 2.74. The summed E-state index contributed by atoms with van der Waals surface area (Å²) < 4.78 is 0. The lowest BCUT2D eigenvalue weighted by Crippen LogP contribution is -2.03. The lowest BCUT2D eigenvalue weighted by molar-refractivity contribution is 0.187. The number of hydrogen-bond donors (Lipinski definition) is 2. The molecular weight excluding hydrogens is 214 g/mol. The van der Waals surface area contributed by atoms with Crippen molar-refractivity contribution in [2.75, 3.05) is 5.32 Å². The first-order valence-electron chi connectivity index (χ1n) is 5.29. The maximum absolute atomic E-state index is 9.52. The molecule has 1 aliphatic rings. The van der Waals surface area contributed by atoms with Crippen LogP contribution in [0.3, 0.4) is 0 Å². The van der Waals surface area contributed by atoms with Crippen molar-refractivity contribution in [1.82, 2.24) is 0 Å². The predicted molar refractivity (Wildman–Crippen MR) is 62.8 cm³/mol. The normalized spacial score (nSPS) is 16.5. The van der Waals surface area contributed by atoms with Crippen LogP contribution in [-0.2, 0) is 12.8 Å². The van der Waals surface area contributed by atoms with Gasteiger partial charge >= 0.3 is 0 Å². The zero-order chi connectivity index (χ0) is 12.3. The topological polar surface area (TPSA) is 79.8 Å². The molecule has 0 saturated heterocycles. The van der Waals surface area contributed by atoms with Crippen LogP contribution >= 0.6 is 0 Å². The van der Waals surface area contributed by atoms with Gasteiger partial charge < -0.3 is 10.4 Å². The number of nitrogens with one attached hydrogen (secondary N) is 1. The summed E-state index contributed by atoms with van der Waals surface area (Å²) in [6.07, 6.45) is 2.46. The molecule has 0 fully saturated rings. The Kier molecular flexibility index (Phi) is 3.09. The van der Waals surface area contributed by atoms with E-state index in [0.717, 1.165) is 16.8 Å². The number of anilines is 1. The van der Waals surface area contributed by atoms with Crippen molar-refractivity contribution < 1.29 is 5.11 Å². The minimum atomic E-state index is -0.287. The van der Waals surface area contributed by atoms with Crippen molar-refractivity contribution in [2.24, 2.45) is 0 Å². The van der Waals surface area contributed by atoms with Gasteiger partial charge in [-0.25, -0.2) is 0 Å². The first-order chi connectivity index (χ1) is 8.22. The number of fused-ring (bicyclic) bond motifs is 1. The Morgan fingerprint density at radius 3 is 2.71 bits per heavy atom. The average Bonchev–Trinajstić information content (AvgIpc) is 2.69. The van der Waals surface area contributed by atoms with E-state index in [1.54, 1.807) is 12.1 Å². The quantitative estimate of drug-likeness (QED) is 0.747. The van der Waals surface area contributed by atoms with Gasteiger partial charge in [-0.1, -0.05) is 6.07 Å². The Balaban J connectivity index is 2.16. The number of hydrogen-bond acceptors (Lipinski definition) is 4. The van der Waals surface area contributed by atoms with Crippen LogP contribution in [0.25, 0.3) is 0 Å². The second kappa shape index (κ2) is 4.69. The van der Waals surface area contributed by atoms with Gasteiger partial charge in [0.25, 0.3) is 0 Å². The van der Waals surface area contributed by atoms with E-state index in [4.69, 9.17) is 10.5 Å². The van der Waals surface area contributed by atoms with Crippen LogP contribution in [0.2, 0.25) is 0 Å². The summed E-state index contributed by atoms with van der Waals surface area (Å²) in [5.41, 5.74) is 3.13. The molecule has 2 N–H and O–H groups in total. The molecule has 0 radical (unpaired) electrons. The highest BCUT2D eigenvalue weighted by atomic mass is 16.3. The molecule has 4 nitrogen and oxygen atoms in total. The van der Waals surface area contributed by atoms with E-state index in [-0.39, 0.29) is 11.7 Å². The molecule has 0 bridgehead atoms. The zero-order valence-electron chi connectivity index (χ0n) is 9.14. The molecule has 1 aliphatic carbocycles. The molecule has 2 rings (SSSR count). The number of rotatable bonds is 2. The molecule has 84 valence electrons. The number of aliphatic hydroxyl groups is 1. The van der Waals surface area contributed by atoms with Gasteiger partial charge in [0.1, 0.15) is 17.7 Å². The van der Waals surface area contributed by atoms with E-state index in [1.165, 1.54) is 6.20 Å². The number of aliphatic hydroxyl groups excluding tert-OH is 1. The fourth-order valence-electron chi connectivity index (χ4n) is 1.93. The Morgan fingerprint density at radius 2 is 2.00 bits per heavy atom. The van der Waals surface area contributed by atoms with Crippen molar-refractivity contribution in [3.05, 3.63) is 41.1 Å². The second-order valence-corrected chi connectivity index (χ2v) is 3.97. The van der Waals surface area contributed by atoms with Crippen LogP contribution in [0.1, 0.15) is 11.1 Å². The van der Waals surface area contributed by atoms with Crippen molar-refractivity contribution in [3.63, 3.8) is 0 Å². The van der Waals surface area contributed by atoms with Crippen LogP contribution in [-0.4, -0.2) is 11.2 Å². The lowest BCUT2D eigenvalue weighted by atomic mass is 10.1. The van der Waals surface area contributed by atoms with E-state index in [0.29, 0.717) is 12.8 Å². The van der Waals surface area contributed by atoms with Crippen LogP contribution in [0, 0.1) is 22.7 Å². The Bertz CT molecular complexity index is 533. The maximum Gasteiger partial charge on any atom is 0.145 e. The standard InChI is InChI=1S/C13H11N3O/c14-6-9(7-15)8-16-12-2-1-10-4-13(17)5-11(10)3-12/h1-3,8,13,16-17H,4-5H2. The summed E-state index contributed by atoms with van der Waals surface area (Å²) in [7, 11) is 0. The van der Waals surface area contributed by atoms with Crippen molar-refractivity contribution >= 4 is 5.69 Å². The van der Waals surface area contributed by atoms with Gasteiger partial charge in [-0.2, -0.15) is 10.5 Å². The molecule has 0 aromatic heterocycles. The number of nitrogens with zero attached hydrogens (tertiary/aromatic N) is 2. The monoisotopic (exact) mass is 225 g/mol. The van der Waals surface area contributed by atoms with Gasteiger partial charge in [0, 0.05) is 11.9 Å². The van der Waals surface area contributed by atoms with Gasteiger partial charge in [0.05, 0.1) is 6.10 Å². The number of nitriles is 2. The third-order valence-electron chi connectivity index (χ3n) is 2.74. The predicted octanol–water partition coefficient (Wildman–Crippen LogP) is 1.49. The van der Waals surface area contributed by atoms with Crippen LogP contribution in [0.15, 0.2) is 30.0 Å². The molecule has 0 saturated carbocycles. The first-order valence-corrected chi connectivity index (χ1v) is 5.29.